The monoisotopic (exact) mass is 280 g/mol. The molecule has 110 valence electrons. The zero-order chi connectivity index (χ0) is 15.0. The fraction of sp³-hybridized carbons (Fsp3) is 0.429. The molecule has 1 aromatic carbocycles. The molecule has 6 nitrogen and oxygen atoms in total. The van der Waals surface area contributed by atoms with E-state index in [9.17, 15) is 9.59 Å². The Morgan fingerprint density at radius 2 is 2.05 bits per heavy atom. The molecule has 0 aliphatic heterocycles. The van der Waals surface area contributed by atoms with E-state index in [-0.39, 0.29) is 23.8 Å². The number of ether oxygens (including phenoxy) is 2. The highest BCUT2D eigenvalue weighted by atomic mass is 16.5. The number of nitrogen functional groups attached to an aromatic ring is 1. The summed E-state index contributed by atoms with van der Waals surface area (Å²) in [5, 5.41) is 2.62. The van der Waals surface area contributed by atoms with Crippen LogP contribution < -0.4 is 15.8 Å². The molecule has 0 aliphatic rings. The topological polar surface area (TPSA) is 90.7 Å². The predicted molar refractivity (Wildman–Crippen MR) is 75.6 cm³/mol. The highest BCUT2D eigenvalue weighted by Crippen LogP contribution is 2.26. The molecule has 1 aromatic rings. The summed E-state index contributed by atoms with van der Waals surface area (Å²) in [6.07, 6.45) is 0.823. The summed E-state index contributed by atoms with van der Waals surface area (Å²) in [7, 11) is 0. The number of benzene rings is 1. The van der Waals surface area contributed by atoms with E-state index in [0.717, 1.165) is 6.42 Å². The van der Waals surface area contributed by atoms with Crippen molar-refractivity contribution in [2.75, 3.05) is 25.5 Å². The minimum Gasteiger partial charge on any atom is -0.491 e. The van der Waals surface area contributed by atoms with E-state index in [2.05, 4.69) is 5.32 Å². The van der Waals surface area contributed by atoms with Gasteiger partial charge in [0.2, 0.25) is 0 Å². The average Bonchev–Trinajstić information content (AvgIpc) is 2.44. The number of hydrogen-bond donors (Lipinski definition) is 2. The maximum Gasteiger partial charge on any atom is 0.342 e. The molecular formula is C14H20N2O4. The standard InChI is InChI=1S/C14H20N2O4/c1-3-8-16-12(17)9-20-14(18)10-6-5-7-11(15)13(10)19-4-2/h5-7H,3-4,8-9,15H2,1-2H3,(H,16,17). The summed E-state index contributed by atoms with van der Waals surface area (Å²) in [5.41, 5.74) is 6.33. The van der Waals surface area contributed by atoms with E-state index in [4.69, 9.17) is 15.2 Å². The zero-order valence-corrected chi connectivity index (χ0v) is 11.8. The Balaban J connectivity index is 2.68. The molecule has 0 heterocycles. The van der Waals surface area contributed by atoms with Gasteiger partial charge in [-0.1, -0.05) is 13.0 Å². The van der Waals surface area contributed by atoms with E-state index in [1.165, 1.54) is 0 Å². The Kier molecular flexibility index (Phi) is 6.36. The van der Waals surface area contributed by atoms with E-state index in [1.54, 1.807) is 25.1 Å². The second kappa shape index (κ2) is 8.04. The van der Waals surface area contributed by atoms with Gasteiger partial charge in [0.1, 0.15) is 5.56 Å². The van der Waals surface area contributed by atoms with Crippen LogP contribution in [0.3, 0.4) is 0 Å². The van der Waals surface area contributed by atoms with Crippen molar-refractivity contribution in [3.8, 4) is 5.75 Å². The van der Waals surface area contributed by atoms with Crippen molar-refractivity contribution in [2.24, 2.45) is 0 Å². The van der Waals surface area contributed by atoms with E-state index in [0.29, 0.717) is 18.8 Å². The lowest BCUT2D eigenvalue weighted by atomic mass is 10.2. The van der Waals surface area contributed by atoms with Crippen molar-refractivity contribution >= 4 is 17.6 Å². The molecule has 1 amide bonds. The Hall–Kier alpha value is -2.24. The van der Waals surface area contributed by atoms with Crippen molar-refractivity contribution < 1.29 is 19.1 Å². The third-order valence-electron chi connectivity index (χ3n) is 2.46. The largest absolute Gasteiger partial charge is 0.491 e. The van der Waals surface area contributed by atoms with Crippen LogP contribution in [0.4, 0.5) is 5.69 Å². The molecule has 0 aliphatic carbocycles. The summed E-state index contributed by atoms with van der Waals surface area (Å²) in [4.78, 5) is 23.3. The Bertz CT molecular complexity index is 474. The molecule has 0 spiro atoms. The first-order valence-electron chi connectivity index (χ1n) is 6.55. The van der Waals surface area contributed by atoms with Gasteiger partial charge in [0.05, 0.1) is 12.3 Å². The lowest BCUT2D eigenvalue weighted by Gasteiger charge is -2.12. The number of hydrogen-bond acceptors (Lipinski definition) is 5. The van der Waals surface area contributed by atoms with Gasteiger partial charge in [-0.2, -0.15) is 0 Å². The molecule has 1 rings (SSSR count). The quantitative estimate of drug-likeness (QED) is 0.581. The molecule has 20 heavy (non-hydrogen) atoms. The molecule has 0 saturated carbocycles. The lowest BCUT2D eigenvalue weighted by molar-refractivity contribution is -0.124. The van der Waals surface area contributed by atoms with Crippen LogP contribution in [0.2, 0.25) is 0 Å². The van der Waals surface area contributed by atoms with Gasteiger partial charge in [-0.25, -0.2) is 4.79 Å². The second-order valence-electron chi connectivity index (χ2n) is 4.08. The highest BCUT2D eigenvalue weighted by molar-refractivity contribution is 5.95. The van der Waals surface area contributed by atoms with Gasteiger partial charge in [-0.15, -0.1) is 0 Å². The average molecular weight is 280 g/mol. The lowest BCUT2D eigenvalue weighted by Crippen LogP contribution is -2.29. The summed E-state index contributed by atoms with van der Waals surface area (Å²) in [6.45, 7) is 4.34. The van der Waals surface area contributed by atoms with E-state index in [1.807, 2.05) is 6.92 Å². The van der Waals surface area contributed by atoms with Gasteiger partial charge >= 0.3 is 5.97 Å². The van der Waals surface area contributed by atoms with Gasteiger partial charge < -0.3 is 20.5 Å². The number of carbonyl (C=O) groups is 2. The normalized spacial score (nSPS) is 9.90. The molecule has 0 radical (unpaired) electrons. The maximum atomic E-state index is 11.9. The van der Waals surface area contributed by atoms with Crippen molar-refractivity contribution in [1.29, 1.82) is 0 Å². The number of para-hydroxylation sites is 1. The van der Waals surface area contributed by atoms with Gasteiger partial charge in [0, 0.05) is 6.54 Å². The highest BCUT2D eigenvalue weighted by Gasteiger charge is 2.17. The minimum absolute atomic E-state index is 0.218. The summed E-state index contributed by atoms with van der Waals surface area (Å²) in [5.74, 6) is -0.677. The zero-order valence-electron chi connectivity index (χ0n) is 11.8. The fourth-order valence-corrected chi connectivity index (χ4v) is 1.55. The molecule has 0 fully saturated rings. The van der Waals surface area contributed by atoms with Crippen molar-refractivity contribution in [3.63, 3.8) is 0 Å². The summed E-state index contributed by atoms with van der Waals surface area (Å²) in [6, 6.07) is 4.81. The first kappa shape index (κ1) is 15.8. The van der Waals surface area contributed by atoms with Crippen LogP contribution in [0, 0.1) is 0 Å². The smallest absolute Gasteiger partial charge is 0.342 e. The first-order valence-corrected chi connectivity index (χ1v) is 6.55. The minimum atomic E-state index is -0.632. The number of esters is 1. The molecule has 3 N–H and O–H groups in total. The van der Waals surface area contributed by atoms with E-state index >= 15 is 0 Å². The number of nitrogens with two attached hydrogens (primary N) is 1. The van der Waals surface area contributed by atoms with E-state index < -0.39 is 5.97 Å². The number of anilines is 1. The predicted octanol–water partition coefficient (Wildman–Crippen LogP) is 1.35. The Morgan fingerprint density at radius 1 is 1.30 bits per heavy atom. The number of rotatable bonds is 7. The number of carbonyl (C=O) groups excluding carboxylic acids is 2. The molecule has 0 unspecified atom stereocenters. The van der Waals surface area contributed by atoms with Crippen LogP contribution in [0.25, 0.3) is 0 Å². The summed E-state index contributed by atoms with van der Waals surface area (Å²) < 4.78 is 10.3. The van der Waals surface area contributed by atoms with Crippen LogP contribution in [-0.4, -0.2) is 31.6 Å². The van der Waals surface area contributed by atoms with Crippen LogP contribution in [-0.2, 0) is 9.53 Å². The fourth-order valence-electron chi connectivity index (χ4n) is 1.55. The second-order valence-corrected chi connectivity index (χ2v) is 4.08. The third kappa shape index (κ3) is 4.46. The first-order chi connectivity index (χ1) is 9.60. The van der Waals surface area contributed by atoms with Crippen LogP contribution >= 0.6 is 0 Å². The van der Waals surface area contributed by atoms with Gasteiger partial charge in [0.25, 0.3) is 5.91 Å². The third-order valence-corrected chi connectivity index (χ3v) is 2.46. The Morgan fingerprint density at radius 3 is 2.70 bits per heavy atom. The van der Waals surface area contributed by atoms with Crippen molar-refractivity contribution in [2.45, 2.75) is 20.3 Å². The summed E-state index contributed by atoms with van der Waals surface area (Å²) >= 11 is 0. The molecule has 0 aromatic heterocycles. The number of nitrogens with one attached hydrogen (secondary N) is 1. The number of amides is 1. The SMILES string of the molecule is CCCNC(=O)COC(=O)c1cccc(N)c1OCC. The molecule has 6 heteroatoms. The van der Waals surface area contributed by atoms with Crippen LogP contribution in [0.15, 0.2) is 18.2 Å². The van der Waals surface area contributed by atoms with Crippen LogP contribution in [0.1, 0.15) is 30.6 Å². The Labute approximate surface area is 118 Å². The van der Waals surface area contributed by atoms with Crippen molar-refractivity contribution in [1.82, 2.24) is 5.32 Å². The van der Waals surface area contributed by atoms with Gasteiger partial charge in [0.15, 0.2) is 12.4 Å². The molecule has 0 atom stereocenters. The van der Waals surface area contributed by atoms with Gasteiger partial charge in [-0.3, -0.25) is 4.79 Å². The van der Waals surface area contributed by atoms with Crippen LogP contribution in [0.5, 0.6) is 5.75 Å². The molecule has 0 saturated heterocycles. The maximum absolute atomic E-state index is 11.9. The van der Waals surface area contributed by atoms with Crippen molar-refractivity contribution in [3.05, 3.63) is 23.8 Å². The molecule has 0 bridgehead atoms. The van der Waals surface area contributed by atoms with Gasteiger partial charge in [-0.05, 0) is 25.5 Å². The molecular weight excluding hydrogens is 260 g/mol.